The van der Waals surface area contributed by atoms with Crippen molar-refractivity contribution >= 4 is 17.5 Å². The summed E-state index contributed by atoms with van der Waals surface area (Å²) in [7, 11) is 0. The van der Waals surface area contributed by atoms with Crippen LogP contribution in [0.5, 0.6) is 0 Å². The molecule has 2 aromatic carbocycles. The highest BCUT2D eigenvalue weighted by molar-refractivity contribution is 5.97. The first-order chi connectivity index (χ1) is 14.2. The van der Waals surface area contributed by atoms with E-state index in [0.717, 1.165) is 28.1 Å². The molecule has 1 aliphatic carbocycles. The molecule has 5 nitrogen and oxygen atoms in total. The number of hydrogen-bond donors (Lipinski definition) is 0. The van der Waals surface area contributed by atoms with E-state index in [1.165, 1.54) is 0 Å². The Kier molecular flexibility index (Phi) is 4.28. The fourth-order valence-corrected chi connectivity index (χ4v) is 4.00. The van der Waals surface area contributed by atoms with Crippen molar-refractivity contribution in [1.29, 1.82) is 0 Å². The molecule has 4 aromatic rings. The van der Waals surface area contributed by atoms with Gasteiger partial charge in [0.15, 0.2) is 17.1 Å². The lowest BCUT2D eigenvalue weighted by atomic mass is 9.88. The standard InChI is InChI=1S/C24H20N4O/c1-16-22(19-10-6-3-7-11-19)24-26-25-23-20(28(24)27-16)14-18(15-21(23)29)13-12-17-8-4-2-5-9-17/h2-13,18H,14-15H2,1H3/b13-12+/t18-/m1/s1. The topological polar surface area (TPSA) is 60.1 Å². The third kappa shape index (κ3) is 3.14. The zero-order chi connectivity index (χ0) is 19.8. The second kappa shape index (κ2) is 7.09. The Morgan fingerprint density at radius 2 is 1.69 bits per heavy atom. The Labute approximate surface area is 168 Å². The molecule has 0 spiro atoms. The van der Waals surface area contributed by atoms with Gasteiger partial charge < -0.3 is 0 Å². The minimum atomic E-state index is 0.0257. The predicted octanol–water partition coefficient (Wildman–Crippen LogP) is 4.56. The molecule has 0 radical (unpaired) electrons. The number of ketones is 1. The van der Waals surface area contributed by atoms with Crippen LogP contribution in [-0.4, -0.2) is 25.6 Å². The highest BCUT2D eigenvalue weighted by Gasteiger charge is 2.29. The number of aromatic nitrogens is 4. The highest BCUT2D eigenvalue weighted by atomic mass is 16.1. The van der Waals surface area contributed by atoms with Crippen molar-refractivity contribution in [3.63, 3.8) is 0 Å². The molecule has 0 N–H and O–H groups in total. The molecule has 5 rings (SSSR count). The van der Waals surface area contributed by atoms with Crippen molar-refractivity contribution in [3.8, 4) is 11.1 Å². The normalized spacial score (nSPS) is 16.4. The van der Waals surface area contributed by atoms with E-state index in [-0.39, 0.29) is 11.7 Å². The number of aryl methyl sites for hydroxylation is 1. The van der Waals surface area contributed by atoms with E-state index in [9.17, 15) is 4.79 Å². The number of carbonyl (C=O) groups is 1. The molecular formula is C24H20N4O. The van der Waals surface area contributed by atoms with Gasteiger partial charge in [0, 0.05) is 6.42 Å². The van der Waals surface area contributed by atoms with E-state index in [4.69, 9.17) is 5.10 Å². The van der Waals surface area contributed by atoms with Crippen molar-refractivity contribution in [2.45, 2.75) is 19.8 Å². The summed E-state index contributed by atoms with van der Waals surface area (Å²) >= 11 is 0. The van der Waals surface area contributed by atoms with E-state index in [0.29, 0.717) is 24.2 Å². The van der Waals surface area contributed by atoms with Crippen LogP contribution in [0.25, 0.3) is 22.9 Å². The fraction of sp³-hybridized carbons (Fsp3) is 0.167. The number of rotatable bonds is 3. The van der Waals surface area contributed by atoms with E-state index >= 15 is 0 Å². The molecule has 5 heteroatoms. The second-order valence-corrected chi connectivity index (χ2v) is 7.42. The molecule has 0 saturated heterocycles. The summed E-state index contributed by atoms with van der Waals surface area (Å²) in [5.41, 5.74) is 6.03. The van der Waals surface area contributed by atoms with Gasteiger partial charge in [-0.1, -0.05) is 72.8 Å². The molecule has 0 unspecified atom stereocenters. The number of nitrogens with zero attached hydrogens (tertiary/aromatic N) is 4. The Morgan fingerprint density at radius 3 is 2.45 bits per heavy atom. The summed E-state index contributed by atoms with van der Waals surface area (Å²) in [5.74, 6) is 0.144. The Balaban J connectivity index is 1.57. The molecular weight excluding hydrogens is 360 g/mol. The second-order valence-electron chi connectivity index (χ2n) is 7.42. The highest BCUT2D eigenvalue weighted by Crippen LogP contribution is 2.31. The Bertz CT molecular complexity index is 1230. The van der Waals surface area contributed by atoms with Crippen LogP contribution in [0.3, 0.4) is 0 Å². The predicted molar refractivity (Wildman–Crippen MR) is 113 cm³/mol. The van der Waals surface area contributed by atoms with Gasteiger partial charge in [0.05, 0.1) is 17.0 Å². The first-order valence-electron chi connectivity index (χ1n) is 9.77. The first-order valence-corrected chi connectivity index (χ1v) is 9.77. The molecule has 2 heterocycles. The molecule has 1 atom stereocenters. The van der Waals surface area contributed by atoms with Crippen LogP contribution >= 0.6 is 0 Å². The van der Waals surface area contributed by atoms with Gasteiger partial charge >= 0.3 is 0 Å². The van der Waals surface area contributed by atoms with E-state index in [1.54, 1.807) is 0 Å². The number of hydrogen-bond acceptors (Lipinski definition) is 4. The van der Waals surface area contributed by atoms with Gasteiger partial charge in [0.25, 0.3) is 0 Å². The molecule has 0 aliphatic heterocycles. The van der Waals surface area contributed by atoms with E-state index in [1.807, 2.05) is 60.0 Å². The van der Waals surface area contributed by atoms with Crippen molar-refractivity contribution in [1.82, 2.24) is 19.8 Å². The third-order valence-corrected chi connectivity index (χ3v) is 5.40. The van der Waals surface area contributed by atoms with Gasteiger partial charge in [-0.05, 0) is 30.4 Å². The molecule has 0 bridgehead atoms. The van der Waals surface area contributed by atoms with Crippen molar-refractivity contribution in [2.24, 2.45) is 5.92 Å². The quantitative estimate of drug-likeness (QED) is 0.523. The summed E-state index contributed by atoms with van der Waals surface area (Å²) in [6.45, 7) is 1.97. The molecule has 0 fully saturated rings. The molecule has 2 aromatic heterocycles. The lowest BCUT2D eigenvalue weighted by molar-refractivity contribution is 0.0950. The van der Waals surface area contributed by atoms with Crippen molar-refractivity contribution in [2.75, 3.05) is 0 Å². The van der Waals surface area contributed by atoms with Gasteiger partial charge in [-0.15, -0.1) is 10.2 Å². The maximum absolute atomic E-state index is 12.7. The first kappa shape index (κ1) is 17.5. The fourth-order valence-electron chi connectivity index (χ4n) is 4.00. The van der Waals surface area contributed by atoms with Crippen molar-refractivity contribution in [3.05, 3.63) is 89.4 Å². The van der Waals surface area contributed by atoms with E-state index < -0.39 is 0 Å². The number of benzene rings is 2. The minimum absolute atomic E-state index is 0.0257. The van der Waals surface area contributed by atoms with Gasteiger partial charge in [-0.25, -0.2) is 4.52 Å². The number of Topliss-reactive ketones (excluding diaryl/α,β-unsaturated/α-hetero) is 1. The zero-order valence-corrected chi connectivity index (χ0v) is 16.1. The Hall–Kier alpha value is -3.60. The maximum atomic E-state index is 12.7. The smallest absolute Gasteiger partial charge is 0.185 e. The SMILES string of the molecule is Cc1nn2c3c(nnc2c1-c1ccccc1)C(=O)C[C@H](/C=C/c1ccccc1)C3. The van der Waals surface area contributed by atoms with Crippen LogP contribution in [-0.2, 0) is 6.42 Å². The average Bonchev–Trinajstić information content (AvgIpc) is 3.10. The summed E-state index contributed by atoms with van der Waals surface area (Å²) in [5, 5.41) is 13.4. The van der Waals surface area contributed by atoms with Crippen LogP contribution in [0.4, 0.5) is 0 Å². The summed E-state index contributed by atoms with van der Waals surface area (Å²) in [4.78, 5) is 12.7. The zero-order valence-electron chi connectivity index (χ0n) is 16.1. The lowest BCUT2D eigenvalue weighted by Gasteiger charge is -2.20. The molecule has 1 aliphatic rings. The van der Waals surface area contributed by atoms with Crippen molar-refractivity contribution < 1.29 is 4.79 Å². The van der Waals surface area contributed by atoms with Gasteiger partial charge in [-0.3, -0.25) is 4.79 Å². The molecule has 0 saturated carbocycles. The lowest BCUT2D eigenvalue weighted by Crippen LogP contribution is -2.24. The monoisotopic (exact) mass is 380 g/mol. The summed E-state index contributed by atoms with van der Waals surface area (Å²) in [6, 6.07) is 20.2. The maximum Gasteiger partial charge on any atom is 0.185 e. The molecule has 142 valence electrons. The Morgan fingerprint density at radius 1 is 0.966 bits per heavy atom. The van der Waals surface area contributed by atoms with Crippen LogP contribution in [0, 0.1) is 12.8 Å². The van der Waals surface area contributed by atoms with Gasteiger partial charge in [0.1, 0.15) is 0 Å². The number of fused-ring (bicyclic) bond motifs is 3. The van der Waals surface area contributed by atoms with Gasteiger partial charge in [-0.2, -0.15) is 5.10 Å². The third-order valence-electron chi connectivity index (χ3n) is 5.40. The van der Waals surface area contributed by atoms with Crippen LogP contribution in [0.1, 0.15) is 33.9 Å². The minimum Gasteiger partial charge on any atom is -0.292 e. The summed E-state index contributed by atoms with van der Waals surface area (Å²) < 4.78 is 1.82. The number of allylic oxidation sites excluding steroid dienone is 1. The van der Waals surface area contributed by atoms with Crippen LogP contribution < -0.4 is 0 Å². The largest absolute Gasteiger partial charge is 0.292 e. The molecule has 29 heavy (non-hydrogen) atoms. The average molecular weight is 380 g/mol. The molecule has 0 amide bonds. The van der Waals surface area contributed by atoms with Gasteiger partial charge in [0.2, 0.25) is 0 Å². The summed E-state index contributed by atoms with van der Waals surface area (Å²) in [6.07, 6.45) is 5.36. The number of carbonyl (C=O) groups excluding carboxylic acids is 1. The van der Waals surface area contributed by atoms with Crippen LogP contribution in [0.2, 0.25) is 0 Å². The van der Waals surface area contributed by atoms with Crippen LogP contribution in [0.15, 0.2) is 66.7 Å². The van der Waals surface area contributed by atoms with E-state index in [2.05, 4.69) is 34.5 Å².